The van der Waals surface area contributed by atoms with Gasteiger partial charge in [-0.05, 0) is 40.0 Å². The fourth-order valence-electron chi connectivity index (χ4n) is 1.52. The van der Waals surface area contributed by atoms with Crippen LogP contribution in [0.15, 0.2) is 12.7 Å². The smallest absolute Gasteiger partial charge is 0.0526 e. The summed E-state index contributed by atoms with van der Waals surface area (Å²) in [4.78, 5) is 0. The van der Waals surface area contributed by atoms with Gasteiger partial charge < -0.3 is 10.4 Å². The highest BCUT2D eigenvalue weighted by Crippen LogP contribution is 2.02. The Morgan fingerprint density at radius 1 is 1.31 bits per heavy atom. The SMILES string of the molecule is C=CCCC(C)NC(C)CC(C)O. The van der Waals surface area contributed by atoms with Crippen molar-refractivity contribution in [1.82, 2.24) is 5.32 Å². The molecule has 2 nitrogen and oxygen atoms in total. The summed E-state index contributed by atoms with van der Waals surface area (Å²) in [5, 5.41) is 12.6. The van der Waals surface area contributed by atoms with E-state index in [0.717, 1.165) is 19.3 Å². The quantitative estimate of drug-likeness (QED) is 0.595. The van der Waals surface area contributed by atoms with Gasteiger partial charge in [0, 0.05) is 12.1 Å². The third-order valence-electron chi connectivity index (χ3n) is 2.07. The van der Waals surface area contributed by atoms with E-state index >= 15 is 0 Å². The van der Waals surface area contributed by atoms with Crippen LogP contribution in [0.5, 0.6) is 0 Å². The van der Waals surface area contributed by atoms with Crippen molar-refractivity contribution in [2.75, 3.05) is 0 Å². The van der Waals surface area contributed by atoms with Gasteiger partial charge in [0.25, 0.3) is 0 Å². The molecule has 0 spiro atoms. The minimum Gasteiger partial charge on any atom is -0.393 e. The minimum atomic E-state index is -0.214. The highest BCUT2D eigenvalue weighted by molar-refractivity contribution is 4.74. The second kappa shape index (κ2) is 7.10. The zero-order valence-corrected chi connectivity index (χ0v) is 9.09. The largest absolute Gasteiger partial charge is 0.393 e. The monoisotopic (exact) mass is 185 g/mol. The molecule has 3 unspecified atom stereocenters. The Bertz CT molecular complexity index is 134. The van der Waals surface area contributed by atoms with E-state index in [4.69, 9.17) is 5.11 Å². The predicted molar refractivity (Wildman–Crippen MR) is 57.8 cm³/mol. The number of allylic oxidation sites excluding steroid dienone is 1. The predicted octanol–water partition coefficient (Wildman–Crippen LogP) is 2.09. The van der Waals surface area contributed by atoms with Gasteiger partial charge in [-0.25, -0.2) is 0 Å². The van der Waals surface area contributed by atoms with Crippen molar-refractivity contribution in [2.45, 2.75) is 58.2 Å². The molecule has 0 bridgehead atoms. The highest BCUT2D eigenvalue weighted by atomic mass is 16.3. The summed E-state index contributed by atoms with van der Waals surface area (Å²) in [6, 6.07) is 0.895. The van der Waals surface area contributed by atoms with Crippen LogP contribution in [-0.4, -0.2) is 23.3 Å². The first-order valence-electron chi connectivity index (χ1n) is 5.11. The normalized spacial score (nSPS) is 17.8. The second-order valence-electron chi connectivity index (χ2n) is 3.92. The van der Waals surface area contributed by atoms with Crippen molar-refractivity contribution in [1.29, 1.82) is 0 Å². The first kappa shape index (κ1) is 12.7. The van der Waals surface area contributed by atoms with Gasteiger partial charge in [0.1, 0.15) is 0 Å². The van der Waals surface area contributed by atoms with E-state index in [2.05, 4.69) is 25.7 Å². The van der Waals surface area contributed by atoms with E-state index in [1.807, 2.05) is 13.0 Å². The Kier molecular flexibility index (Phi) is 6.92. The van der Waals surface area contributed by atoms with Gasteiger partial charge in [-0.2, -0.15) is 0 Å². The average Bonchev–Trinajstić information content (AvgIpc) is 1.98. The minimum absolute atomic E-state index is 0.214. The van der Waals surface area contributed by atoms with Crippen molar-refractivity contribution in [2.24, 2.45) is 0 Å². The summed E-state index contributed by atoms with van der Waals surface area (Å²) in [6.45, 7) is 9.80. The molecular formula is C11H23NO. The molecule has 3 atom stereocenters. The first-order valence-corrected chi connectivity index (χ1v) is 5.11. The topological polar surface area (TPSA) is 32.3 Å². The summed E-state index contributed by atoms with van der Waals surface area (Å²) >= 11 is 0. The van der Waals surface area contributed by atoms with Crippen LogP contribution >= 0.6 is 0 Å². The van der Waals surface area contributed by atoms with Gasteiger partial charge in [0.05, 0.1) is 6.10 Å². The molecule has 0 aliphatic rings. The Hall–Kier alpha value is -0.340. The molecule has 0 saturated carbocycles. The molecule has 0 heterocycles. The van der Waals surface area contributed by atoms with Crippen LogP contribution in [0, 0.1) is 0 Å². The van der Waals surface area contributed by atoms with Crippen LogP contribution in [0.25, 0.3) is 0 Å². The van der Waals surface area contributed by atoms with E-state index in [1.54, 1.807) is 0 Å². The molecule has 0 radical (unpaired) electrons. The van der Waals surface area contributed by atoms with Gasteiger partial charge in [0.2, 0.25) is 0 Å². The lowest BCUT2D eigenvalue weighted by molar-refractivity contribution is 0.168. The summed E-state index contributed by atoms with van der Waals surface area (Å²) in [5.41, 5.74) is 0. The van der Waals surface area contributed by atoms with Crippen molar-refractivity contribution in [3.8, 4) is 0 Å². The fraction of sp³-hybridized carbons (Fsp3) is 0.818. The zero-order valence-electron chi connectivity index (χ0n) is 9.09. The number of hydrogen-bond donors (Lipinski definition) is 2. The molecule has 0 aromatic heterocycles. The number of nitrogens with one attached hydrogen (secondary N) is 1. The Morgan fingerprint density at radius 3 is 2.38 bits per heavy atom. The number of aliphatic hydroxyl groups excluding tert-OH is 1. The van der Waals surface area contributed by atoms with Gasteiger partial charge in [-0.15, -0.1) is 6.58 Å². The van der Waals surface area contributed by atoms with E-state index in [-0.39, 0.29) is 6.10 Å². The van der Waals surface area contributed by atoms with Crippen LogP contribution in [0.4, 0.5) is 0 Å². The maximum atomic E-state index is 9.16. The molecule has 0 aliphatic carbocycles. The maximum absolute atomic E-state index is 9.16. The number of rotatable bonds is 7. The Labute approximate surface area is 82.0 Å². The molecule has 13 heavy (non-hydrogen) atoms. The Balaban J connectivity index is 3.51. The van der Waals surface area contributed by atoms with E-state index in [0.29, 0.717) is 12.1 Å². The molecule has 0 saturated heterocycles. The van der Waals surface area contributed by atoms with Crippen LogP contribution in [0.2, 0.25) is 0 Å². The third kappa shape index (κ3) is 8.00. The molecule has 78 valence electrons. The lowest BCUT2D eigenvalue weighted by Gasteiger charge is -2.20. The summed E-state index contributed by atoms with van der Waals surface area (Å²) in [5.74, 6) is 0. The summed E-state index contributed by atoms with van der Waals surface area (Å²) in [6.07, 6.45) is 4.72. The van der Waals surface area contributed by atoms with Gasteiger partial charge in [-0.1, -0.05) is 6.08 Å². The number of hydrogen-bond acceptors (Lipinski definition) is 2. The van der Waals surface area contributed by atoms with Gasteiger partial charge in [0.15, 0.2) is 0 Å². The van der Waals surface area contributed by atoms with Gasteiger partial charge >= 0.3 is 0 Å². The van der Waals surface area contributed by atoms with Gasteiger partial charge in [-0.3, -0.25) is 0 Å². The Morgan fingerprint density at radius 2 is 1.92 bits per heavy atom. The molecule has 2 heteroatoms. The van der Waals surface area contributed by atoms with Crippen molar-refractivity contribution in [3.63, 3.8) is 0 Å². The molecule has 0 fully saturated rings. The number of aliphatic hydroxyl groups is 1. The molecule has 2 N–H and O–H groups in total. The van der Waals surface area contributed by atoms with Crippen molar-refractivity contribution in [3.05, 3.63) is 12.7 Å². The third-order valence-corrected chi connectivity index (χ3v) is 2.07. The van der Waals surface area contributed by atoms with Crippen molar-refractivity contribution < 1.29 is 5.11 Å². The molecule has 0 rings (SSSR count). The van der Waals surface area contributed by atoms with Crippen LogP contribution in [0.1, 0.15) is 40.0 Å². The molecule has 0 amide bonds. The molecule has 0 aliphatic heterocycles. The second-order valence-corrected chi connectivity index (χ2v) is 3.92. The molecule has 0 aromatic rings. The highest BCUT2D eigenvalue weighted by Gasteiger charge is 2.08. The fourth-order valence-corrected chi connectivity index (χ4v) is 1.52. The van der Waals surface area contributed by atoms with E-state index < -0.39 is 0 Å². The lowest BCUT2D eigenvalue weighted by Crippen LogP contribution is -2.36. The zero-order chi connectivity index (χ0) is 10.3. The molecular weight excluding hydrogens is 162 g/mol. The maximum Gasteiger partial charge on any atom is 0.0526 e. The standard InChI is InChI=1S/C11H23NO/c1-5-6-7-9(2)12-10(3)8-11(4)13/h5,9-13H,1,6-8H2,2-4H3. The van der Waals surface area contributed by atoms with Crippen molar-refractivity contribution >= 4 is 0 Å². The summed E-state index contributed by atoms with van der Waals surface area (Å²) in [7, 11) is 0. The van der Waals surface area contributed by atoms with E-state index in [9.17, 15) is 0 Å². The lowest BCUT2D eigenvalue weighted by atomic mass is 10.1. The van der Waals surface area contributed by atoms with Crippen LogP contribution in [0.3, 0.4) is 0 Å². The van der Waals surface area contributed by atoms with Crippen LogP contribution in [-0.2, 0) is 0 Å². The van der Waals surface area contributed by atoms with E-state index in [1.165, 1.54) is 0 Å². The summed E-state index contributed by atoms with van der Waals surface area (Å²) < 4.78 is 0. The molecule has 0 aromatic carbocycles. The average molecular weight is 185 g/mol. The van der Waals surface area contributed by atoms with Crippen LogP contribution < -0.4 is 5.32 Å². The first-order chi connectivity index (χ1) is 6.06.